The molecular formula is C14H15N5O2. The molecule has 7 heteroatoms. The Hall–Kier alpha value is -2.41. The first-order chi connectivity index (χ1) is 10.3. The Morgan fingerprint density at radius 2 is 2.10 bits per heavy atom. The minimum atomic E-state index is -0.152. The highest BCUT2D eigenvalue weighted by Crippen LogP contribution is 2.27. The maximum absolute atomic E-state index is 11.5. The zero-order valence-corrected chi connectivity index (χ0v) is 11.4. The fourth-order valence-electron chi connectivity index (χ4n) is 2.76. The number of rotatable bonds is 2. The molecule has 4 rings (SSSR count). The van der Waals surface area contributed by atoms with E-state index in [-0.39, 0.29) is 5.56 Å². The molecule has 0 aliphatic carbocycles. The lowest BCUT2D eigenvalue weighted by Crippen LogP contribution is -2.13. The molecule has 0 unspecified atom stereocenters. The first kappa shape index (κ1) is 12.3. The number of aromatic nitrogens is 5. The van der Waals surface area contributed by atoms with Gasteiger partial charge in [-0.25, -0.2) is 9.20 Å². The number of ether oxygens (including phenoxy) is 1. The molecule has 1 saturated heterocycles. The van der Waals surface area contributed by atoms with Crippen molar-refractivity contribution in [2.75, 3.05) is 13.2 Å². The highest BCUT2D eigenvalue weighted by Gasteiger charge is 2.18. The summed E-state index contributed by atoms with van der Waals surface area (Å²) >= 11 is 0. The van der Waals surface area contributed by atoms with E-state index >= 15 is 0 Å². The number of fused-ring (bicyclic) bond motifs is 1. The van der Waals surface area contributed by atoms with Crippen molar-refractivity contribution in [2.45, 2.75) is 18.8 Å². The normalized spacial score (nSPS) is 16.6. The van der Waals surface area contributed by atoms with Gasteiger partial charge in [-0.1, -0.05) is 0 Å². The molecule has 4 heterocycles. The lowest BCUT2D eigenvalue weighted by atomic mass is 9.94. The summed E-state index contributed by atoms with van der Waals surface area (Å²) in [5.74, 6) is 0.494. The van der Waals surface area contributed by atoms with Crippen LogP contribution in [0, 0.1) is 0 Å². The Labute approximate surface area is 120 Å². The second-order valence-electron chi connectivity index (χ2n) is 5.23. The van der Waals surface area contributed by atoms with Crippen LogP contribution in [0.15, 0.2) is 35.6 Å². The van der Waals surface area contributed by atoms with Crippen molar-refractivity contribution >= 4 is 5.65 Å². The van der Waals surface area contributed by atoms with E-state index in [1.54, 1.807) is 21.6 Å². The van der Waals surface area contributed by atoms with Crippen LogP contribution >= 0.6 is 0 Å². The summed E-state index contributed by atoms with van der Waals surface area (Å²) in [7, 11) is 0. The molecular weight excluding hydrogens is 270 g/mol. The second kappa shape index (κ2) is 4.85. The number of nitrogens with zero attached hydrogens (tertiary/aromatic N) is 4. The van der Waals surface area contributed by atoms with E-state index in [9.17, 15) is 4.79 Å². The molecule has 0 atom stereocenters. The van der Waals surface area contributed by atoms with Crippen molar-refractivity contribution in [3.63, 3.8) is 0 Å². The van der Waals surface area contributed by atoms with Crippen LogP contribution in [0.1, 0.15) is 24.3 Å². The molecule has 1 N–H and O–H groups in total. The molecule has 1 aliphatic rings. The maximum atomic E-state index is 11.5. The molecule has 1 fully saturated rings. The first-order valence-corrected chi connectivity index (χ1v) is 7.00. The molecule has 7 nitrogen and oxygen atoms in total. The third-order valence-corrected chi connectivity index (χ3v) is 3.93. The van der Waals surface area contributed by atoms with Crippen LogP contribution in [0.2, 0.25) is 0 Å². The highest BCUT2D eigenvalue weighted by atomic mass is 16.5. The Balaban J connectivity index is 1.73. The van der Waals surface area contributed by atoms with Gasteiger partial charge in [0.05, 0.1) is 12.4 Å². The molecule has 0 aromatic carbocycles. The van der Waals surface area contributed by atoms with Gasteiger partial charge >= 0.3 is 0 Å². The lowest BCUT2D eigenvalue weighted by Gasteiger charge is -2.20. The molecule has 3 aromatic heterocycles. The van der Waals surface area contributed by atoms with Gasteiger partial charge in [0, 0.05) is 31.7 Å². The SMILES string of the molecule is O=c1ccn2ncc(-n3cc(C4CCOCC4)cn3)c2[nH]1. The van der Waals surface area contributed by atoms with Crippen molar-refractivity contribution in [3.8, 4) is 5.69 Å². The van der Waals surface area contributed by atoms with Crippen molar-refractivity contribution in [1.82, 2.24) is 24.4 Å². The van der Waals surface area contributed by atoms with Crippen molar-refractivity contribution in [3.05, 3.63) is 46.8 Å². The molecule has 0 saturated carbocycles. The zero-order chi connectivity index (χ0) is 14.2. The van der Waals surface area contributed by atoms with Gasteiger partial charge in [-0.05, 0) is 24.3 Å². The topological polar surface area (TPSA) is 77.2 Å². The quantitative estimate of drug-likeness (QED) is 0.765. The average Bonchev–Trinajstić information content (AvgIpc) is 3.14. The van der Waals surface area contributed by atoms with Gasteiger partial charge in [-0.15, -0.1) is 0 Å². The smallest absolute Gasteiger partial charge is 0.251 e. The Bertz CT molecular complexity index is 825. The van der Waals surface area contributed by atoms with Crippen LogP contribution in [-0.4, -0.2) is 37.6 Å². The molecule has 3 aromatic rings. The number of hydrogen-bond acceptors (Lipinski definition) is 4. The van der Waals surface area contributed by atoms with Crippen LogP contribution in [0.25, 0.3) is 11.3 Å². The van der Waals surface area contributed by atoms with E-state index in [0.717, 1.165) is 31.7 Å². The molecule has 21 heavy (non-hydrogen) atoms. The Morgan fingerprint density at radius 1 is 1.24 bits per heavy atom. The second-order valence-corrected chi connectivity index (χ2v) is 5.23. The van der Waals surface area contributed by atoms with Crippen LogP contribution < -0.4 is 5.56 Å². The summed E-state index contributed by atoms with van der Waals surface area (Å²) in [6, 6.07) is 1.44. The molecule has 1 aliphatic heterocycles. The zero-order valence-electron chi connectivity index (χ0n) is 11.4. The van der Waals surface area contributed by atoms with E-state index in [0.29, 0.717) is 11.6 Å². The Kier molecular flexibility index (Phi) is 2.85. The fourth-order valence-corrected chi connectivity index (χ4v) is 2.76. The lowest BCUT2D eigenvalue weighted by molar-refractivity contribution is 0.0853. The standard InChI is InChI=1S/C14H15N5O2/c20-13-1-4-18-14(17-13)12(8-16-18)19-9-11(7-15-19)10-2-5-21-6-3-10/h1,4,7-10H,2-3,5-6H2,(H,17,20). The first-order valence-electron chi connectivity index (χ1n) is 7.00. The van der Waals surface area contributed by atoms with Crippen LogP contribution in [0.4, 0.5) is 0 Å². The molecule has 0 radical (unpaired) electrons. The predicted molar refractivity (Wildman–Crippen MR) is 75.7 cm³/mol. The van der Waals surface area contributed by atoms with Crippen LogP contribution in [0.5, 0.6) is 0 Å². The Morgan fingerprint density at radius 3 is 2.95 bits per heavy atom. The van der Waals surface area contributed by atoms with Crippen LogP contribution in [0.3, 0.4) is 0 Å². The summed E-state index contributed by atoms with van der Waals surface area (Å²) in [5.41, 5.74) is 2.46. The van der Waals surface area contributed by atoms with E-state index < -0.39 is 0 Å². The number of nitrogens with one attached hydrogen (secondary N) is 1. The van der Waals surface area contributed by atoms with E-state index in [2.05, 4.69) is 15.2 Å². The number of H-pyrrole nitrogens is 1. The fraction of sp³-hybridized carbons (Fsp3) is 0.357. The maximum Gasteiger partial charge on any atom is 0.251 e. The van der Waals surface area contributed by atoms with Gasteiger partial charge < -0.3 is 9.72 Å². The summed E-state index contributed by atoms with van der Waals surface area (Å²) < 4.78 is 8.79. The summed E-state index contributed by atoms with van der Waals surface area (Å²) in [6.45, 7) is 1.61. The van der Waals surface area contributed by atoms with Crippen molar-refractivity contribution in [2.24, 2.45) is 0 Å². The van der Waals surface area contributed by atoms with Crippen LogP contribution in [-0.2, 0) is 4.74 Å². The van der Waals surface area contributed by atoms with Gasteiger partial charge in [-0.3, -0.25) is 4.79 Å². The minimum Gasteiger partial charge on any atom is -0.381 e. The van der Waals surface area contributed by atoms with E-state index in [1.807, 2.05) is 12.4 Å². The van der Waals surface area contributed by atoms with Gasteiger partial charge in [0.1, 0.15) is 5.69 Å². The van der Waals surface area contributed by atoms with Crippen molar-refractivity contribution < 1.29 is 4.74 Å². The average molecular weight is 285 g/mol. The van der Waals surface area contributed by atoms with Gasteiger partial charge in [0.25, 0.3) is 5.56 Å². The third kappa shape index (κ3) is 2.15. The monoisotopic (exact) mass is 285 g/mol. The summed E-state index contributed by atoms with van der Waals surface area (Å²) in [5, 5.41) is 8.64. The van der Waals surface area contributed by atoms with Gasteiger partial charge in [0.2, 0.25) is 0 Å². The molecule has 0 spiro atoms. The third-order valence-electron chi connectivity index (χ3n) is 3.93. The molecule has 0 bridgehead atoms. The van der Waals surface area contributed by atoms with E-state index in [1.165, 1.54) is 11.6 Å². The number of hydrogen-bond donors (Lipinski definition) is 1. The number of aromatic amines is 1. The van der Waals surface area contributed by atoms with Crippen molar-refractivity contribution in [1.29, 1.82) is 0 Å². The van der Waals surface area contributed by atoms with Gasteiger partial charge in [-0.2, -0.15) is 10.2 Å². The van der Waals surface area contributed by atoms with Gasteiger partial charge in [0.15, 0.2) is 5.65 Å². The van der Waals surface area contributed by atoms with E-state index in [4.69, 9.17) is 4.74 Å². The summed E-state index contributed by atoms with van der Waals surface area (Å²) in [4.78, 5) is 14.3. The minimum absolute atomic E-state index is 0.152. The molecule has 0 amide bonds. The molecule has 108 valence electrons. The highest BCUT2D eigenvalue weighted by molar-refractivity contribution is 5.57. The summed E-state index contributed by atoms with van der Waals surface area (Å²) in [6.07, 6.45) is 9.29. The predicted octanol–water partition coefficient (Wildman–Crippen LogP) is 1.10. The largest absolute Gasteiger partial charge is 0.381 e.